The van der Waals surface area contributed by atoms with Crippen molar-refractivity contribution in [1.29, 1.82) is 0 Å². The van der Waals surface area contributed by atoms with Crippen LogP contribution in [0.3, 0.4) is 0 Å². The lowest BCUT2D eigenvalue weighted by atomic mass is 10.2. The summed E-state index contributed by atoms with van der Waals surface area (Å²) in [6.07, 6.45) is 5.18. The molecule has 2 heteroatoms. The first kappa shape index (κ1) is 9.01. The average Bonchev–Trinajstić information content (AvgIpc) is 2.50. The standard InChI is InChI=1S/C9H18O2/c1-2-3-6-10-8-9-5-4-7-11-9/h9H,2-8H2,1H3/t9-/m0/s1. The SMILES string of the molecule is CCCCOC[C@@H]1CCCO1. The Hall–Kier alpha value is -0.0800. The lowest BCUT2D eigenvalue weighted by Crippen LogP contribution is -2.14. The fraction of sp³-hybridized carbons (Fsp3) is 1.00. The molecular weight excluding hydrogens is 140 g/mol. The highest BCUT2D eigenvalue weighted by Crippen LogP contribution is 2.11. The fourth-order valence-corrected chi connectivity index (χ4v) is 1.24. The van der Waals surface area contributed by atoms with Crippen LogP contribution < -0.4 is 0 Å². The molecule has 2 nitrogen and oxygen atoms in total. The van der Waals surface area contributed by atoms with Gasteiger partial charge in [-0.25, -0.2) is 0 Å². The number of rotatable bonds is 5. The molecule has 0 aromatic carbocycles. The van der Waals surface area contributed by atoms with Gasteiger partial charge in [-0.3, -0.25) is 0 Å². The summed E-state index contributed by atoms with van der Waals surface area (Å²) in [5, 5.41) is 0. The van der Waals surface area contributed by atoms with Crippen LogP contribution in [0.1, 0.15) is 32.6 Å². The van der Waals surface area contributed by atoms with Crippen molar-refractivity contribution in [3.8, 4) is 0 Å². The molecule has 1 atom stereocenters. The topological polar surface area (TPSA) is 18.5 Å². The summed E-state index contributed by atoms with van der Waals surface area (Å²) in [6.45, 7) is 4.81. The number of hydrogen-bond donors (Lipinski definition) is 0. The van der Waals surface area contributed by atoms with E-state index in [0.29, 0.717) is 6.10 Å². The van der Waals surface area contributed by atoms with Crippen LogP contribution in [0, 0.1) is 0 Å². The van der Waals surface area contributed by atoms with E-state index in [4.69, 9.17) is 9.47 Å². The summed E-state index contributed by atoms with van der Waals surface area (Å²) in [5.41, 5.74) is 0. The van der Waals surface area contributed by atoms with E-state index < -0.39 is 0 Å². The van der Waals surface area contributed by atoms with Crippen molar-refractivity contribution in [3.05, 3.63) is 0 Å². The van der Waals surface area contributed by atoms with E-state index in [1.54, 1.807) is 0 Å². The first-order valence-electron chi connectivity index (χ1n) is 4.63. The third-order valence-corrected chi connectivity index (χ3v) is 1.97. The van der Waals surface area contributed by atoms with E-state index in [1.807, 2.05) is 0 Å². The minimum absolute atomic E-state index is 0.395. The molecule has 1 aliphatic rings. The van der Waals surface area contributed by atoms with Crippen LogP contribution in [0.25, 0.3) is 0 Å². The van der Waals surface area contributed by atoms with Crippen molar-refractivity contribution in [2.45, 2.75) is 38.7 Å². The van der Waals surface area contributed by atoms with Crippen LogP contribution >= 0.6 is 0 Å². The second kappa shape index (κ2) is 5.56. The van der Waals surface area contributed by atoms with Gasteiger partial charge >= 0.3 is 0 Å². The van der Waals surface area contributed by atoms with Crippen LogP contribution in [0.15, 0.2) is 0 Å². The average molecular weight is 158 g/mol. The Bertz CT molecular complexity index is 87.6. The highest BCUT2D eigenvalue weighted by atomic mass is 16.5. The van der Waals surface area contributed by atoms with Gasteiger partial charge in [-0.15, -0.1) is 0 Å². The Balaban J connectivity index is 1.86. The Morgan fingerprint density at radius 1 is 1.55 bits per heavy atom. The molecule has 0 N–H and O–H groups in total. The van der Waals surface area contributed by atoms with Gasteiger partial charge < -0.3 is 9.47 Å². The molecule has 1 aliphatic heterocycles. The van der Waals surface area contributed by atoms with Crippen molar-refractivity contribution in [3.63, 3.8) is 0 Å². The van der Waals surface area contributed by atoms with Crippen molar-refractivity contribution >= 4 is 0 Å². The lowest BCUT2D eigenvalue weighted by Gasteiger charge is -2.08. The molecule has 0 aromatic rings. The van der Waals surface area contributed by atoms with E-state index in [0.717, 1.165) is 19.8 Å². The molecular formula is C9H18O2. The van der Waals surface area contributed by atoms with Gasteiger partial charge in [0.25, 0.3) is 0 Å². The van der Waals surface area contributed by atoms with Crippen molar-refractivity contribution < 1.29 is 9.47 Å². The van der Waals surface area contributed by atoms with Crippen LogP contribution in [-0.4, -0.2) is 25.9 Å². The normalized spacial score (nSPS) is 24.3. The predicted molar refractivity (Wildman–Crippen MR) is 44.7 cm³/mol. The van der Waals surface area contributed by atoms with Gasteiger partial charge in [0.1, 0.15) is 0 Å². The second-order valence-corrected chi connectivity index (χ2v) is 3.06. The largest absolute Gasteiger partial charge is 0.379 e. The zero-order valence-electron chi connectivity index (χ0n) is 7.34. The Kier molecular flexibility index (Phi) is 4.55. The fourth-order valence-electron chi connectivity index (χ4n) is 1.24. The van der Waals surface area contributed by atoms with E-state index >= 15 is 0 Å². The van der Waals surface area contributed by atoms with Crippen LogP contribution in [0.4, 0.5) is 0 Å². The van der Waals surface area contributed by atoms with Gasteiger partial charge in [-0.2, -0.15) is 0 Å². The molecule has 1 saturated heterocycles. The molecule has 1 fully saturated rings. The van der Waals surface area contributed by atoms with Crippen LogP contribution in [0.2, 0.25) is 0 Å². The van der Waals surface area contributed by atoms with Crippen molar-refractivity contribution in [2.75, 3.05) is 19.8 Å². The van der Waals surface area contributed by atoms with Crippen LogP contribution in [-0.2, 0) is 9.47 Å². The molecule has 0 unspecified atom stereocenters. The first-order valence-corrected chi connectivity index (χ1v) is 4.63. The molecule has 0 bridgehead atoms. The summed E-state index contributed by atoms with van der Waals surface area (Å²) in [6, 6.07) is 0. The van der Waals surface area contributed by atoms with Crippen LogP contribution in [0.5, 0.6) is 0 Å². The molecule has 0 saturated carbocycles. The highest BCUT2D eigenvalue weighted by Gasteiger charge is 2.14. The molecule has 0 amide bonds. The Morgan fingerprint density at radius 3 is 3.09 bits per heavy atom. The molecule has 0 spiro atoms. The third kappa shape index (κ3) is 3.73. The van der Waals surface area contributed by atoms with Gasteiger partial charge in [0, 0.05) is 13.2 Å². The maximum absolute atomic E-state index is 5.43. The van der Waals surface area contributed by atoms with E-state index in [2.05, 4.69) is 6.92 Å². The van der Waals surface area contributed by atoms with Crippen molar-refractivity contribution in [1.82, 2.24) is 0 Å². The third-order valence-electron chi connectivity index (χ3n) is 1.97. The molecule has 11 heavy (non-hydrogen) atoms. The minimum Gasteiger partial charge on any atom is -0.379 e. The van der Waals surface area contributed by atoms with Crippen molar-refractivity contribution in [2.24, 2.45) is 0 Å². The summed E-state index contributed by atoms with van der Waals surface area (Å²) in [5.74, 6) is 0. The summed E-state index contributed by atoms with van der Waals surface area (Å²) in [4.78, 5) is 0. The minimum atomic E-state index is 0.395. The van der Waals surface area contributed by atoms with Gasteiger partial charge in [0.15, 0.2) is 0 Å². The quantitative estimate of drug-likeness (QED) is 0.570. The molecule has 1 rings (SSSR count). The monoisotopic (exact) mass is 158 g/mol. The highest BCUT2D eigenvalue weighted by molar-refractivity contribution is 4.63. The smallest absolute Gasteiger partial charge is 0.0809 e. The molecule has 0 aliphatic carbocycles. The van der Waals surface area contributed by atoms with Gasteiger partial charge in [-0.1, -0.05) is 13.3 Å². The molecule has 66 valence electrons. The lowest BCUT2D eigenvalue weighted by molar-refractivity contribution is 0.0164. The van der Waals surface area contributed by atoms with Gasteiger partial charge in [-0.05, 0) is 19.3 Å². The summed E-state index contributed by atoms with van der Waals surface area (Å²) in [7, 11) is 0. The van der Waals surface area contributed by atoms with E-state index in [1.165, 1.54) is 25.7 Å². The number of unbranched alkanes of at least 4 members (excludes halogenated alkanes) is 1. The maximum atomic E-state index is 5.43. The Morgan fingerprint density at radius 2 is 2.45 bits per heavy atom. The molecule has 0 radical (unpaired) electrons. The predicted octanol–water partition coefficient (Wildman–Crippen LogP) is 1.98. The maximum Gasteiger partial charge on any atom is 0.0809 e. The van der Waals surface area contributed by atoms with E-state index in [9.17, 15) is 0 Å². The zero-order chi connectivity index (χ0) is 7.94. The summed E-state index contributed by atoms with van der Waals surface area (Å²) < 4.78 is 10.8. The van der Waals surface area contributed by atoms with E-state index in [-0.39, 0.29) is 0 Å². The number of ether oxygens (including phenoxy) is 2. The second-order valence-electron chi connectivity index (χ2n) is 3.06. The van der Waals surface area contributed by atoms with Gasteiger partial charge in [0.05, 0.1) is 12.7 Å². The summed E-state index contributed by atoms with van der Waals surface area (Å²) >= 11 is 0. The first-order chi connectivity index (χ1) is 5.43. The number of hydrogen-bond acceptors (Lipinski definition) is 2. The molecule has 1 heterocycles. The zero-order valence-corrected chi connectivity index (χ0v) is 7.34. The van der Waals surface area contributed by atoms with Gasteiger partial charge in [0.2, 0.25) is 0 Å². The molecule has 0 aromatic heterocycles. The Labute approximate surface area is 68.9 Å².